The summed E-state index contributed by atoms with van der Waals surface area (Å²) in [5.74, 6) is -0.998. The minimum atomic E-state index is -0.998. The summed E-state index contributed by atoms with van der Waals surface area (Å²) in [6.45, 7) is 0. The average molecular weight is 282 g/mol. The van der Waals surface area contributed by atoms with E-state index in [4.69, 9.17) is 0 Å². The van der Waals surface area contributed by atoms with Gasteiger partial charge in [0.25, 0.3) is 0 Å². The number of hydrogen-bond acceptors (Lipinski definition) is 4. The van der Waals surface area contributed by atoms with E-state index in [-0.39, 0.29) is 5.56 Å². The van der Waals surface area contributed by atoms with Crippen molar-refractivity contribution in [2.24, 2.45) is 0 Å². The van der Waals surface area contributed by atoms with Crippen LogP contribution in [0, 0.1) is 0 Å². The Morgan fingerprint density at radius 3 is 2.52 bits per heavy atom. The van der Waals surface area contributed by atoms with Gasteiger partial charge in [-0.15, -0.1) is 0 Å². The molecule has 0 saturated carbocycles. The third kappa shape index (κ3) is 2.20. The highest BCUT2D eigenvalue weighted by atomic mass is 16.4. The van der Waals surface area contributed by atoms with Gasteiger partial charge in [-0.3, -0.25) is 0 Å². The van der Waals surface area contributed by atoms with Crippen LogP contribution in [0.3, 0.4) is 0 Å². The topological polar surface area (TPSA) is 82.1 Å². The molecule has 2 heterocycles. The predicted octanol–water partition coefficient (Wildman–Crippen LogP) is 2.39. The SMILES string of the molecule is CN(C)c1ccc(-c2ncnc3[nH]cc(C(=O)O)c23)cc1. The van der Waals surface area contributed by atoms with Crippen molar-refractivity contribution >= 4 is 22.7 Å². The Morgan fingerprint density at radius 2 is 1.90 bits per heavy atom. The number of H-pyrrole nitrogens is 1. The Balaban J connectivity index is 2.20. The summed E-state index contributed by atoms with van der Waals surface area (Å²) in [7, 11) is 3.93. The van der Waals surface area contributed by atoms with Crippen LogP contribution in [0.25, 0.3) is 22.3 Å². The first-order chi connectivity index (χ1) is 10.1. The lowest BCUT2D eigenvalue weighted by molar-refractivity contribution is 0.0699. The van der Waals surface area contributed by atoms with Gasteiger partial charge in [0.05, 0.1) is 16.6 Å². The van der Waals surface area contributed by atoms with Crippen molar-refractivity contribution in [2.45, 2.75) is 0 Å². The van der Waals surface area contributed by atoms with Crippen molar-refractivity contribution < 1.29 is 9.90 Å². The molecular weight excluding hydrogens is 268 g/mol. The lowest BCUT2D eigenvalue weighted by Crippen LogP contribution is -2.08. The van der Waals surface area contributed by atoms with Gasteiger partial charge in [0.2, 0.25) is 0 Å². The van der Waals surface area contributed by atoms with Gasteiger partial charge in [-0.2, -0.15) is 0 Å². The number of aromatic carboxylic acids is 1. The van der Waals surface area contributed by atoms with E-state index in [1.54, 1.807) is 0 Å². The molecule has 0 aliphatic heterocycles. The fourth-order valence-electron chi connectivity index (χ4n) is 2.27. The number of nitrogens with zero attached hydrogens (tertiary/aromatic N) is 3. The van der Waals surface area contributed by atoms with Crippen LogP contribution in [0.15, 0.2) is 36.8 Å². The normalized spacial score (nSPS) is 10.8. The molecule has 106 valence electrons. The number of nitrogens with one attached hydrogen (secondary N) is 1. The van der Waals surface area contributed by atoms with Crippen molar-refractivity contribution in [2.75, 3.05) is 19.0 Å². The summed E-state index contributed by atoms with van der Waals surface area (Å²) < 4.78 is 0. The number of carbonyl (C=O) groups is 1. The van der Waals surface area contributed by atoms with Crippen LogP contribution >= 0.6 is 0 Å². The fraction of sp³-hybridized carbons (Fsp3) is 0.133. The number of carboxylic acid groups (broad SMARTS) is 1. The molecule has 3 aromatic rings. The summed E-state index contributed by atoms with van der Waals surface area (Å²) in [4.78, 5) is 24.5. The number of hydrogen-bond donors (Lipinski definition) is 2. The molecular formula is C15H14N4O2. The zero-order valence-corrected chi connectivity index (χ0v) is 11.7. The summed E-state index contributed by atoms with van der Waals surface area (Å²) in [5, 5.41) is 9.81. The van der Waals surface area contributed by atoms with Crippen molar-refractivity contribution in [1.82, 2.24) is 15.0 Å². The number of aromatic nitrogens is 3. The smallest absolute Gasteiger partial charge is 0.338 e. The first-order valence-electron chi connectivity index (χ1n) is 6.41. The fourth-order valence-corrected chi connectivity index (χ4v) is 2.27. The number of aromatic amines is 1. The van der Waals surface area contributed by atoms with Crippen LogP contribution in [-0.2, 0) is 0 Å². The summed E-state index contributed by atoms with van der Waals surface area (Å²) in [6, 6.07) is 7.79. The monoisotopic (exact) mass is 282 g/mol. The van der Waals surface area contributed by atoms with Crippen molar-refractivity contribution in [3.63, 3.8) is 0 Å². The number of carboxylic acids is 1. The minimum Gasteiger partial charge on any atom is -0.478 e. The zero-order valence-electron chi connectivity index (χ0n) is 11.7. The molecule has 2 N–H and O–H groups in total. The van der Waals surface area contributed by atoms with Gasteiger partial charge in [-0.1, -0.05) is 12.1 Å². The Bertz CT molecular complexity index is 806. The van der Waals surface area contributed by atoms with E-state index in [0.29, 0.717) is 16.7 Å². The molecule has 0 unspecified atom stereocenters. The Morgan fingerprint density at radius 1 is 1.19 bits per heavy atom. The van der Waals surface area contributed by atoms with Crippen molar-refractivity contribution in [3.05, 3.63) is 42.4 Å². The Kier molecular flexibility index (Phi) is 3.06. The van der Waals surface area contributed by atoms with Gasteiger partial charge in [0.1, 0.15) is 12.0 Å². The summed E-state index contributed by atoms with van der Waals surface area (Å²) >= 11 is 0. The summed E-state index contributed by atoms with van der Waals surface area (Å²) in [5.41, 5.74) is 3.24. The average Bonchev–Trinajstić information content (AvgIpc) is 2.91. The molecule has 0 fully saturated rings. The third-order valence-electron chi connectivity index (χ3n) is 3.36. The van der Waals surface area contributed by atoms with Crippen LogP contribution in [0.5, 0.6) is 0 Å². The second-order valence-electron chi connectivity index (χ2n) is 4.89. The number of fused-ring (bicyclic) bond motifs is 1. The van der Waals surface area contributed by atoms with E-state index in [2.05, 4.69) is 15.0 Å². The molecule has 0 atom stereocenters. The lowest BCUT2D eigenvalue weighted by Gasteiger charge is -2.12. The molecule has 0 aliphatic rings. The number of benzene rings is 1. The predicted molar refractivity (Wildman–Crippen MR) is 80.6 cm³/mol. The maximum atomic E-state index is 11.3. The third-order valence-corrected chi connectivity index (χ3v) is 3.36. The van der Waals surface area contributed by atoms with E-state index < -0.39 is 5.97 Å². The van der Waals surface area contributed by atoms with E-state index in [0.717, 1.165) is 11.3 Å². The molecule has 0 spiro atoms. The van der Waals surface area contributed by atoms with Crippen LogP contribution < -0.4 is 4.90 Å². The van der Waals surface area contributed by atoms with Gasteiger partial charge in [0.15, 0.2) is 0 Å². The van der Waals surface area contributed by atoms with E-state index in [1.165, 1.54) is 12.5 Å². The molecule has 3 rings (SSSR count). The molecule has 1 aromatic carbocycles. The molecule has 6 heteroatoms. The highest BCUT2D eigenvalue weighted by molar-refractivity contribution is 6.07. The minimum absolute atomic E-state index is 0.178. The standard InChI is InChI=1S/C15H14N4O2/c1-19(2)10-5-3-9(4-6-10)13-12-11(15(20)21)7-16-14(12)18-8-17-13/h3-8H,1-2H3,(H,20,21)(H,16,17,18). The molecule has 6 nitrogen and oxygen atoms in total. The van der Waals surface area contributed by atoms with E-state index in [1.807, 2.05) is 43.3 Å². The Hall–Kier alpha value is -2.89. The molecule has 0 amide bonds. The molecule has 21 heavy (non-hydrogen) atoms. The summed E-state index contributed by atoms with van der Waals surface area (Å²) in [6.07, 6.45) is 2.87. The maximum absolute atomic E-state index is 11.3. The van der Waals surface area contributed by atoms with Gasteiger partial charge < -0.3 is 15.0 Å². The second kappa shape index (κ2) is 4.90. The maximum Gasteiger partial charge on any atom is 0.338 e. The van der Waals surface area contributed by atoms with Crippen LogP contribution in [-0.4, -0.2) is 40.1 Å². The lowest BCUT2D eigenvalue weighted by atomic mass is 10.1. The number of anilines is 1. The Labute approximate surface area is 121 Å². The largest absolute Gasteiger partial charge is 0.478 e. The van der Waals surface area contributed by atoms with Gasteiger partial charge >= 0.3 is 5.97 Å². The molecule has 0 aliphatic carbocycles. The first kappa shape index (κ1) is 13.1. The first-order valence-corrected chi connectivity index (χ1v) is 6.41. The molecule has 0 radical (unpaired) electrons. The number of rotatable bonds is 3. The quantitative estimate of drug-likeness (QED) is 0.770. The van der Waals surface area contributed by atoms with Crippen molar-refractivity contribution in [3.8, 4) is 11.3 Å². The molecule has 0 bridgehead atoms. The van der Waals surface area contributed by atoms with Crippen molar-refractivity contribution in [1.29, 1.82) is 0 Å². The van der Waals surface area contributed by atoms with Gasteiger partial charge in [-0.25, -0.2) is 14.8 Å². The van der Waals surface area contributed by atoms with Gasteiger partial charge in [0, 0.05) is 31.5 Å². The van der Waals surface area contributed by atoms with Crippen LogP contribution in [0.2, 0.25) is 0 Å². The van der Waals surface area contributed by atoms with Crippen LogP contribution in [0.1, 0.15) is 10.4 Å². The molecule has 2 aromatic heterocycles. The van der Waals surface area contributed by atoms with Gasteiger partial charge in [-0.05, 0) is 12.1 Å². The van der Waals surface area contributed by atoms with Crippen LogP contribution in [0.4, 0.5) is 5.69 Å². The van der Waals surface area contributed by atoms with E-state index >= 15 is 0 Å². The second-order valence-corrected chi connectivity index (χ2v) is 4.89. The zero-order chi connectivity index (χ0) is 15.0. The highest BCUT2D eigenvalue weighted by Crippen LogP contribution is 2.29. The van der Waals surface area contributed by atoms with E-state index in [9.17, 15) is 9.90 Å². The highest BCUT2D eigenvalue weighted by Gasteiger charge is 2.17. The molecule has 0 saturated heterocycles.